The number of nitrogens with zero attached hydrogens (tertiary/aromatic N) is 1. The average Bonchev–Trinajstić information content (AvgIpc) is 3.44. The Balaban J connectivity index is 1.59. The van der Waals surface area contributed by atoms with Crippen LogP contribution in [0.3, 0.4) is 0 Å². The molecule has 4 heteroatoms. The van der Waals surface area contributed by atoms with Gasteiger partial charge in [-0.05, 0) is 17.5 Å². The molecule has 0 saturated carbocycles. The Morgan fingerprint density at radius 2 is 1.70 bits per heavy atom. The first-order chi connectivity index (χ1) is 11.2. The maximum absolute atomic E-state index is 12.3. The Hall–Kier alpha value is -2.33. The number of ether oxygens (including phenoxy) is 2. The largest absolute Gasteiger partial charge is 0.445 e. The summed E-state index contributed by atoms with van der Waals surface area (Å²) in [6.07, 6.45) is 0.553. The van der Waals surface area contributed by atoms with Crippen LogP contribution in [0, 0.1) is 0 Å². The Morgan fingerprint density at radius 1 is 1.13 bits per heavy atom. The van der Waals surface area contributed by atoms with Crippen molar-refractivity contribution in [2.75, 3.05) is 13.7 Å². The molecule has 0 spiro atoms. The van der Waals surface area contributed by atoms with Crippen molar-refractivity contribution in [1.82, 2.24) is 4.90 Å². The van der Waals surface area contributed by atoms with E-state index in [1.807, 2.05) is 48.5 Å². The van der Waals surface area contributed by atoms with Crippen molar-refractivity contribution < 1.29 is 14.3 Å². The third-order valence-corrected chi connectivity index (χ3v) is 4.07. The van der Waals surface area contributed by atoms with E-state index in [4.69, 9.17) is 9.47 Å². The number of amides is 1. The molecule has 0 bridgehead atoms. The monoisotopic (exact) mass is 311 g/mol. The van der Waals surface area contributed by atoms with Crippen LogP contribution in [-0.2, 0) is 22.5 Å². The Labute approximate surface area is 136 Å². The number of carbonyl (C=O) groups excluding carboxylic acids is 1. The molecular formula is C19H21NO3. The lowest BCUT2D eigenvalue weighted by Gasteiger charge is -2.26. The number of hydrogen-bond acceptors (Lipinski definition) is 3. The van der Waals surface area contributed by atoms with Crippen LogP contribution in [0.4, 0.5) is 4.79 Å². The fourth-order valence-electron chi connectivity index (χ4n) is 2.61. The predicted octanol–water partition coefficient (Wildman–Crippen LogP) is 3.27. The second kappa shape index (κ2) is 7.29. The van der Waals surface area contributed by atoms with Crippen molar-refractivity contribution in [2.45, 2.75) is 25.2 Å². The number of epoxide rings is 1. The molecule has 0 radical (unpaired) electrons. The van der Waals surface area contributed by atoms with E-state index in [1.54, 1.807) is 11.9 Å². The molecule has 1 saturated heterocycles. The lowest BCUT2D eigenvalue weighted by Crippen LogP contribution is -2.42. The standard InChI is InChI=1S/C19H21NO3/c1-20(19(21)23-13-16-10-6-3-7-11-16)17(18-14-22-18)12-15-8-4-2-5-9-15/h2-11,17-18H,12-14H2,1H3/t17-,18+/m0/s1. The number of benzene rings is 2. The summed E-state index contributed by atoms with van der Waals surface area (Å²) in [6, 6.07) is 19.8. The third kappa shape index (κ3) is 4.33. The molecule has 2 aromatic carbocycles. The van der Waals surface area contributed by atoms with Crippen LogP contribution < -0.4 is 0 Å². The normalized spacial score (nSPS) is 17.3. The molecule has 4 nitrogen and oxygen atoms in total. The molecule has 0 unspecified atom stereocenters. The van der Waals surface area contributed by atoms with Gasteiger partial charge in [0.25, 0.3) is 0 Å². The van der Waals surface area contributed by atoms with Crippen LogP contribution in [0.25, 0.3) is 0 Å². The van der Waals surface area contributed by atoms with Gasteiger partial charge < -0.3 is 14.4 Å². The zero-order valence-corrected chi connectivity index (χ0v) is 13.2. The molecule has 1 fully saturated rings. The van der Waals surface area contributed by atoms with Crippen LogP contribution in [-0.4, -0.2) is 36.8 Å². The minimum atomic E-state index is -0.315. The quantitative estimate of drug-likeness (QED) is 0.769. The SMILES string of the molecule is CN(C(=O)OCc1ccccc1)[C@@H](Cc1ccccc1)[C@H]1CO1. The maximum atomic E-state index is 12.3. The number of hydrogen-bond donors (Lipinski definition) is 0. The van der Waals surface area contributed by atoms with E-state index in [2.05, 4.69) is 12.1 Å². The Bertz CT molecular complexity index is 626. The second-order valence-electron chi connectivity index (χ2n) is 5.78. The highest BCUT2D eigenvalue weighted by molar-refractivity contribution is 5.68. The lowest BCUT2D eigenvalue weighted by atomic mass is 10.0. The van der Waals surface area contributed by atoms with Crippen molar-refractivity contribution in [1.29, 1.82) is 0 Å². The van der Waals surface area contributed by atoms with Crippen molar-refractivity contribution in [3.05, 3.63) is 71.8 Å². The maximum Gasteiger partial charge on any atom is 0.410 e. The molecule has 0 N–H and O–H groups in total. The molecule has 2 aromatic rings. The third-order valence-electron chi connectivity index (χ3n) is 4.07. The molecule has 1 aliphatic heterocycles. The van der Waals surface area contributed by atoms with Crippen LogP contribution >= 0.6 is 0 Å². The summed E-state index contributed by atoms with van der Waals surface area (Å²) in [6.45, 7) is 0.987. The van der Waals surface area contributed by atoms with E-state index in [0.29, 0.717) is 6.61 Å². The van der Waals surface area contributed by atoms with Gasteiger partial charge in [0.15, 0.2) is 0 Å². The van der Waals surface area contributed by atoms with E-state index >= 15 is 0 Å². The number of carbonyl (C=O) groups is 1. The second-order valence-corrected chi connectivity index (χ2v) is 5.78. The van der Waals surface area contributed by atoms with Crippen molar-refractivity contribution in [3.63, 3.8) is 0 Å². The van der Waals surface area contributed by atoms with Crippen LogP contribution in [0.2, 0.25) is 0 Å². The topological polar surface area (TPSA) is 42.1 Å². The minimum Gasteiger partial charge on any atom is -0.445 e. The highest BCUT2D eigenvalue weighted by Crippen LogP contribution is 2.23. The lowest BCUT2D eigenvalue weighted by molar-refractivity contribution is 0.0848. The van der Waals surface area contributed by atoms with E-state index in [9.17, 15) is 4.79 Å². The highest BCUT2D eigenvalue weighted by Gasteiger charge is 2.37. The molecule has 0 aromatic heterocycles. The van der Waals surface area contributed by atoms with Gasteiger partial charge >= 0.3 is 6.09 Å². The van der Waals surface area contributed by atoms with Crippen LogP contribution in [0.1, 0.15) is 11.1 Å². The fourth-order valence-corrected chi connectivity index (χ4v) is 2.61. The summed E-state index contributed by atoms with van der Waals surface area (Å²) in [5.74, 6) is 0. The van der Waals surface area contributed by atoms with Gasteiger partial charge in [-0.15, -0.1) is 0 Å². The average molecular weight is 311 g/mol. The van der Waals surface area contributed by atoms with E-state index in [-0.39, 0.29) is 24.8 Å². The molecular weight excluding hydrogens is 290 g/mol. The highest BCUT2D eigenvalue weighted by atomic mass is 16.6. The molecule has 1 heterocycles. The first kappa shape index (κ1) is 15.6. The first-order valence-electron chi connectivity index (χ1n) is 7.83. The zero-order valence-electron chi connectivity index (χ0n) is 13.2. The van der Waals surface area contributed by atoms with Gasteiger partial charge in [0.1, 0.15) is 12.7 Å². The fraction of sp³-hybridized carbons (Fsp3) is 0.316. The minimum absolute atomic E-state index is 0.000623. The predicted molar refractivity (Wildman–Crippen MR) is 88.1 cm³/mol. The molecule has 0 aliphatic carbocycles. The molecule has 1 aliphatic rings. The molecule has 23 heavy (non-hydrogen) atoms. The number of likely N-dealkylation sites (N-methyl/N-ethyl adjacent to an activating group) is 1. The Morgan fingerprint density at radius 3 is 2.26 bits per heavy atom. The van der Waals surface area contributed by atoms with Crippen LogP contribution in [0.5, 0.6) is 0 Å². The summed E-state index contributed by atoms with van der Waals surface area (Å²) in [5, 5.41) is 0. The summed E-state index contributed by atoms with van der Waals surface area (Å²) >= 11 is 0. The Kier molecular flexibility index (Phi) is 4.93. The smallest absolute Gasteiger partial charge is 0.410 e. The van der Waals surface area contributed by atoms with E-state index in [0.717, 1.165) is 12.0 Å². The molecule has 2 atom stereocenters. The summed E-state index contributed by atoms with van der Waals surface area (Å²) in [4.78, 5) is 14.0. The summed E-state index contributed by atoms with van der Waals surface area (Å²) in [7, 11) is 1.78. The molecule has 120 valence electrons. The van der Waals surface area contributed by atoms with Crippen molar-refractivity contribution >= 4 is 6.09 Å². The van der Waals surface area contributed by atoms with Gasteiger partial charge in [-0.25, -0.2) is 4.79 Å². The van der Waals surface area contributed by atoms with Gasteiger partial charge in [-0.2, -0.15) is 0 Å². The first-order valence-corrected chi connectivity index (χ1v) is 7.83. The van der Waals surface area contributed by atoms with Gasteiger partial charge in [-0.1, -0.05) is 60.7 Å². The van der Waals surface area contributed by atoms with E-state index < -0.39 is 0 Å². The van der Waals surface area contributed by atoms with E-state index in [1.165, 1.54) is 5.56 Å². The van der Waals surface area contributed by atoms with Gasteiger partial charge in [0.2, 0.25) is 0 Å². The number of rotatable bonds is 6. The van der Waals surface area contributed by atoms with Crippen molar-refractivity contribution in [3.8, 4) is 0 Å². The molecule has 3 rings (SSSR count). The van der Waals surface area contributed by atoms with Crippen LogP contribution in [0.15, 0.2) is 60.7 Å². The summed E-state index contributed by atoms with van der Waals surface area (Å²) in [5.41, 5.74) is 2.17. The van der Waals surface area contributed by atoms with Gasteiger partial charge in [0, 0.05) is 7.05 Å². The van der Waals surface area contributed by atoms with Gasteiger partial charge in [0.05, 0.1) is 12.6 Å². The zero-order chi connectivity index (χ0) is 16.1. The van der Waals surface area contributed by atoms with Gasteiger partial charge in [-0.3, -0.25) is 0 Å². The molecule has 1 amide bonds. The summed E-state index contributed by atoms with van der Waals surface area (Å²) < 4.78 is 10.8. The van der Waals surface area contributed by atoms with Crippen molar-refractivity contribution in [2.24, 2.45) is 0 Å².